The van der Waals surface area contributed by atoms with Gasteiger partial charge < -0.3 is 15.2 Å². The number of hydrogen-bond acceptors (Lipinski definition) is 3. The number of halogens is 1. The third-order valence-corrected chi connectivity index (χ3v) is 4.20. The van der Waals surface area contributed by atoms with Crippen LogP contribution in [0.5, 0.6) is 11.6 Å². The minimum atomic E-state index is 0.0561. The van der Waals surface area contributed by atoms with Gasteiger partial charge in [0, 0.05) is 17.2 Å². The maximum absolute atomic E-state index is 9.95. The lowest BCUT2D eigenvalue weighted by Crippen LogP contribution is -1.87. The van der Waals surface area contributed by atoms with Crippen molar-refractivity contribution in [3.63, 3.8) is 0 Å². The Hall–Kier alpha value is -2.98. The van der Waals surface area contributed by atoms with Crippen molar-refractivity contribution in [3.8, 4) is 34.0 Å². The molecule has 0 aliphatic heterocycles. The van der Waals surface area contributed by atoms with Crippen LogP contribution in [0, 0.1) is 0 Å². The highest BCUT2D eigenvalue weighted by Gasteiger charge is 2.11. The Kier molecular flexibility index (Phi) is 3.40. The number of para-hydroxylation sites is 1. The topological polar surface area (TPSA) is 69.1 Å². The number of pyridine rings is 1. The number of hydrogen-bond donors (Lipinski definition) is 3. The lowest BCUT2D eigenvalue weighted by atomic mass is 10.0. The van der Waals surface area contributed by atoms with E-state index in [1.807, 2.05) is 36.4 Å². The molecule has 5 heteroatoms. The number of H-pyrrole nitrogens is 1. The number of phenolic OH excluding ortho intramolecular Hbond substituents is 1. The summed E-state index contributed by atoms with van der Waals surface area (Å²) in [5.74, 6) is 0.297. The van der Waals surface area contributed by atoms with Gasteiger partial charge in [-0.2, -0.15) is 0 Å². The second-order valence-corrected chi connectivity index (χ2v) is 5.91. The fourth-order valence-electron chi connectivity index (χ4n) is 2.74. The molecule has 2 aromatic carbocycles. The summed E-state index contributed by atoms with van der Waals surface area (Å²) in [6.45, 7) is 0. The zero-order valence-electron chi connectivity index (χ0n) is 12.5. The van der Waals surface area contributed by atoms with Crippen molar-refractivity contribution in [1.82, 2.24) is 9.97 Å². The highest BCUT2D eigenvalue weighted by molar-refractivity contribution is 6.33. The van der Waals surface area contributed by atoms with Gasteiger partial charge in [-0.15, -0.1) is 0 Å². The molecule has 0 radical (unpaired) electrons. The highest BCUT2D eigenvalue weighted by atomic mass is 35.5. The number of fused-ring (bicyclic) bond motifs is 1. The average Bonchev–Trinajstić information content (AvgIpc) is 2.94. The fraction of sp³-hybridized carbons (Fsp3) is 0. The molecule has 0 aliphatic carbocycles. The second-order valence-electron chi connectivity index (χ2n) is 5.50. The number of benzene rings is 2. The molecule has 0 aliphatic rings. The van der Waals surface area contributed by atoms with Gasteiger partial charge in [0.2, 0.25) is 0 Å². The molecular weight excluding hydrogens is 324 g/mol. The van der Waals surface area contributed by atoms with Crippen LogP contribution in [-0.4, -0.2) is 20.2 Å². The summed E-state index contributed by atoms with van der Waals surface area (Å²) in [4.78, 5) is 7.31. The van der Waals surface area contributed by atoms with E-state index < -0.39 is 0 Å². The van der Waals surface area contributed by atoms with Crippen LogP contribution in [0.4, 0.5) is 0 Å². The summed E-state index contributed by atoms with van der Waals surface area (Å²) in [5.41, 5.74) is 4.53. The normalized spacial score (nSPS) is 11.0. The van der Waals surface area contributed by atoms with E-state index in [4.69, 9.17) is 11.6 Å². The van der Waals surface area contributed by atoms with E-state index in [0.717, 1.165) is 16.7 Å². The van der Waals surface area contributed by atoms with Crippen LogP contribution in [0.1, 0.15) is 0 Å². The number of nitrogens with zero attached hydrogens (tertiary/aromatic N) is 1. The molecule has 3 N–H and O–H groups in total. The monoisotopic (exact) mass is 336 g/mol. The molecule has 4 aromatic rings. The molecule has 0 bridgehead atoms. The Morgan fingerprint density at radius 1 is 0.875 bits per heavy atom. The minimum absolute atomic E-state index is 0.0561. The van der Waals surface area contributed by atoms with Gasteiger partial charge in [0.1, 0.15) is 5.75 Å². The van der Waals surface area contributed by atoms with Crippen molar-refractivity contribution in [2.45, 2.75) is 0 Å². The predicted molar refractivity (Wildman–Crippen MR) is 95.3 cm³/mol. The Labute approximate surface area is 143 Å². The number of phenols is 1. The summed E-state index contributed by atoms with van der Waals surface area (Å²) in [7, 11) is 0. The van der Waals surface area contributed by atoms with Crippen LogP contribution in [0.3, 0.4) is 0 Å². The van der Waals surface area contributed by atoms with Crippen LogP contribution in [0.25, 0.3) is 33.4 Å². The number of aromatic amines is 1. The first-order valence-corrected chi connectivity index (χ1v) is 7.76. The zero-order chi connectivity index (χ0) is 16.7. The van der Waals surface area contributed by atoms with E-state index in [-0.39, 0.29) is 11.6 Å². The lowest BCUT2D eigenvalue weighted by molar-refractivity contribution is 0.458. The Balaban J connectivity index is 1.78. The Bertz CT molecular complexity index is 1040. The number of rotatable bonds is 2. The van der Waals surface area contributed by atoms with Crippen molar-refractivity contribution >= 4 is 22.6 Å². The summed E-state index contributed by atoms with van der Waals surface area (Å²) >= 11 is 6.32. The molecule has 0 saturated heterocycles. The molecule has 0 saturated carbocycles. The maximum atomic E-state index is 9.95. The first kappa shape index (κ1) is 14.6. The molecule has 0 spiro atoms. The quantitative estimate of drug-likeness (QED) is 0.484. The smallest absolute Gasteiger partial charge is 0.190 e. The average molecular weight is 337 g/mol. The van der Waals surface area contributed by atoms with E-state index in [0.29, 0.717) is 21.7 Å². The summed E-state index contributed by atoms with van der Waals surface area (Å²) in [5, 5.41) is 20.0. The van der Waals surface area contributed by atoms with Crippen LogP contribution in [-0.2, 0) is 0 Å². The van der Waals surface area contributed by atoms with Crippen molar-refractivity contribution in [2.75, 3.05) is 0 Å². The summed E-state index contributed by atoms with van der Waals surface area (Å²) in [6, 6.07) is 18.2. The number of nitrogens with one attached hydrogen (secondary N) is 1. The standard InChI is InChI=1S/C19H13ClN2O2/c20-14-9-15-16(10-18(24)21-15)22-19(14)12-7-5-11(6-8-12)13-3-1-2-4-17(13)23/h1-10,21,23-24H. The van der Waals surface area contributed by atoms with Gasteiger partial charge in [-0.05, 0) is 17.7 Å². The molecule has 0 amide bonds. The molecule has 0 fully saturated rings. The van der Waals surface area contributed by atoms with E-state index in [2.05, 4.69) is 9.97 Å². The summed E-state index contributed by atoms with van der Waals surface area (Å²) < 4.78 is 0. The molecule has 0 atom stereocenters. The second kappa shape index (κ2) is 5.58. The molecule has 2 heterocycles. The van der Waals surface area contributed by atoms with Crippen molar-refractivity contribution in [1.29, 1.82) is 0 Å². The SMILES string of the molecule is Oc1cc2nc(-c3ccc(-c4ccccc4O)cc3)c(Cl)cc2[nH]1. The predicted octanol–water partition coefficient (Wildman–Crippen LogP) is 4.96. The van der Waals surface area contributed by atoms with Gasteiger partial charge in [0.05, 0.1) is 21.7 Å². The molecular formula is C19H13ClN2O2. The molecule has 4 nitrogen and oxygen atoms in total. The molecule has 4 rings (SSSR count). The minimum Gasteiger partial charge on any atom is -0.507 e. The Morgan fingerprint density at radius 2 is 1.58 bits per heavy atom. The van der Waals surface area contributed by atoms with E-state index in [9.17, 15) is 10.2 Å². The molecule has 0 unspecified atom stereocenters. The van der Waals surface area contributed by atoms with E-state index in [1.165, 1.54) is 0 Å². The van der Waals surface area contributed by atoms with Gasteiger partial charge in [-0.1, -0.05) is 54.1 Å². The number of aromatic hydroxyl groups is 2. The third-order valence-electron chi connectivity index (χ3n) is 3.92. The first-order chi connectivity index (χ1) is 11.6. The molecule has 24 heavy (non-hydrogen) atoms. The van der Waals surface area contributed by atoms with Gasteiger partial charge in [0.25, 0.3) is 0 Å². The summed E-state index contributed by atoms with van der Waals surface area (Å²) in [6.07, 6.45) is 0. The van der Waals surface area contributed by atoms with Crippen LogP contribution < -0.4 is 0 Å². The third kappa shape index (κ3) is 2.47. The Morgan fingerprint density at radius 3 is 2.33 bits per heavy atom. The van der Waals surface area contributed by atoms with E-state index >= 15 is 0 Å². The van der Waals surface area contributed by atoms with Gasteiger partial charge >= 0.3 is 0 Å². The van der Waals surface area contributed by atoms with Crippen molar-refractivity contribution in [3.05, 3.63) is 65.7 Å². The maximum Gasteiger partial charge on any atom is 0.190 e. The zero-order valence-corrected chi connectivity index (χ0v) is 13.2. The van der Waals surface area contributed by atoms with Gasteiger partial charge in [0.15, 0.2) is 5.88 Å². The first-order valence-electron chi connectivity index (χ1n) is 7.39. The van der Waals surface area contributed by atoms with Crippen LogP contribution in [0.2, 0.25) is 5.02 Å². The van der Waals surface area contributed by atoms with Gasteiger partial charge in [-0.3, -0.25) is 0 Å². The molecule has 118 valence electrons. The van der Waals surface area contributed by atoms with E-state index in [1.54, 1.807) is 24.3 Å². The van der Waals surface area contributed by atoms with Gasteiger partial charge in [-0.25, -0.2) is 4.98 Å². The lowest BCUT2D eigenvalue weighted by Gasteiger charge is -2.07. The largest absolute Gasteiger partial charge is 0.507 e. The highest BCUT2D eigenvalue weighted by Crippen LogP contribution is 2.33. The fourth-order valence-corrected chi connectivity index (χ4v) is 3.01. The molecule has 2 aromatic heterocycles. The van der Waals surface area contributed by atoms with Crippen LogP contribution in [0.15, 0.2) is 60.7 Å². The van der Waals surface area contributed by atoms with Crippen LogP contribution >= 0.6 is 11.6 Å². The number of aromatic nitrogens is 2. The van der Waals surface area contributed by atoms with Crippen molar-refractivity contribution < 1.29 is 10.2 Å². The van der Waals surface area contributed by atoms with Crippen molar-refractivity contribution in [2.24, 2.45) is 0 Å².